The Balaban J connectivity index is 2.60. The Kier molecular flexibility index (Phi) is 3.45. The molecule has 2 aromatic rings. The number of nitrogens with zero attached hydrogens (tertiary/aromatic N) is 1. The molecule has 0 radical (unpaired) electrons. The molecule has 1 heterocycles. The second kappa shape index (κ2) is 4.74. The van der Waals surface area contributed by atoms with Gasteiger partial charge in [-0.3, -0.25) is 0 Å². The van der Waals surface area contributed by atoms with Gasteiger partial charge in [0, 0.05) is 22.3 Å². The van der Waals surface area contributed by atoms with Gasteiger partial charge in [0.15, 0.2) is 5.76 Å². The van der Waals surface area contributed by atoms with Crippen molar-refractivity contribution in [3.63, 3.8) is 0 Å². The van der Waals surface area contributed by atoms with E-state index < -0.39 is 9.05 Å². The molecule has 0 atom stereocenters. The van der Waals surface area contributed by atoms with E-state index in [4.69, 9.17) is 15.2 Å². The van der Waals surface area contributed by atoms with E-state index in [1.807, 2.05) is 6.92 Å². The molecule has 4 nitrogen and oxygen atoms in total. The van der Waals surface area contributed by atoms with Crippen LogP contribution in [0.4, 0.5) is 0 Å². The Morgan fingerprint density at radius 3 is 2.56 bits per heavy atom. The SMILES string of the molecule is CCc1ccc(-c2cc(C)no2)cc1S(=O)(=O)Cl. The molecule has 0 aliphatic heterocycles. The smallest absolute Gasteiger partial charge is 0.261 e. The highest BCUT2D eigenvalue weighted by atomic mass is 35.7. The monoisotopic (exact) mass is 285 g/mol. The lowest BCUT2D eigenvalue weighted by atomic mass is 10.1. The highest BCUT2D eigenvalue weighted by Crippen LogP contribution is 2.28. The molecule has 0 N–H and O–H groups in total. The number of benzene rings is 1. The minimum atomic E-state index is -3.76. The summed E-state index contributed by atoms with van der Waals surface area (Å²) in [5.74, 6) is 0.525. The molecule has 0 saturated carbocycles. The van der Waals surface area contributed by atoms with Gasteiger partial charge in [-0.1, -0.05) is 24.2 Å². The van der Waals surface area contributed by atoms with Gasteiger partial charge in [-0.05, 0) is 25.0 Å². The van der Waals surface area contributed by atoms with Gasteiger partial charge in [0.05, 0.1) is 10.6 Å². The summed E-state index contributed by atoms with van der Waals surface area (Å²) in [4.78, 5) is 0.123. The first-order valence-electron chi connectivity index (χ1n) is 5.43. The van der Waals surface area contributed by atoms with E-state index in [2.05, 4.69) is 5.16 Å². The minimum Gasteiger partial charge on any atom is -0.356 e. The third kappa shape index (κ3) is 2.57. The minimum absolute atomic E-state index is 0.123. The standard InChI is InChI=1S/C12H12ClNO3S/c1-3-9-4-5-10(7-12(9)18(13,15)16)11-6-8(2)14-17-11/h4-7H,3H2,1-2H3. The summed E-state index contributed by atoms with van der Waals surface area (Å²) in [6, 6.07) is 6.79. The first-order valence-corrected chi connectivity index (χ1v) is 7.74. The topological polar surface area (TPSA) is 60.2 Å². The van der Waals surface area contributed by atoms with E-state index >= 15 is 0 Å². The Hall–Kier alpha value is -1.33. The molecular formula is C12H12ClNO3S. The summed E-state index contributed by atoms with van der Waals surface area (Å²) in [6.45, 7) is 3.67. The molecule has 0 saturated heterocycles. The molecule has 0 aliphatic carbocycles. The van der Waals surface area contributed by atoms with Gasteiger partial charge >= 0.3 is 0 Å². The molecule has 0 fully saturated rings. The first-order chi connectivity index (χ1) is 8.41. The number of rotatable bonds is 3. The van der Waals surface area contributed by atoms with Crippen molar-refractivity contribution in [2.24, 2.45) is 0 Å². The highest BCUT2D eigenvalue weighted by Gasteiger charge is 2.17. The molecular weight excluding hydrogens is 274 g/mol. The fourth-order valence-corrected chi connectivity index (χ4v) is 2.95. The zero-order chi connectivity index (χ0) is 13.3. The van der Waals surface area contributed by atoms with Gasteiger partial charge < -0.3 is 4.52 Å². The second-order valence-electron chi connectivity index (χ2n) is 3.95. The lowest BCUT2D eigenvalue weighted by Crippen LogP contribution is -1.97. The van der Waals surface area contributed by atoms with Crippen LogP contribution in [0.25, 0.3) is 11.3 Å². The number of aromatic nitrogens is 1. The molecule has 6 heteroatoms. The van der Waals surface area contributed by atoms with E-state index in [1.165, 1.54) is 6.07 Å². The van der Waals surface area contributed by atoms with Crippen LogP contribution in [-0.4, -0.2) is 13.6 Å². The number of halogens is 1. The van der Waals surface area contributed by atoms with Crippen molar-refractivity contribution in [1.82, 2.24) is 5.16 Å². The van der Waals surface area contributed by atoms with Crippen molar-refractivity contribution < 1.29 is 12.9 Å². The number of hydrogen-bond acceptors (Lipinski definition) is 4. The van der Waals surface area contributed by atoms with E-state index in [1.54, 1.807) is 25.1 Å². The molecule has 0 aliphatic rings. The highest BCUT2D eigenvalue weighted by molar-refractivity contribution is 8.13. The van der Waals surface area contributed by atoms with Crippen LogP contribution in [-0.2, 0) is 15.5 Å². The van der Waals surface area contributed by atoms with Gasteiger partial charge in [-0.15, -0.1) is 0 Å². The zero-order valence-electron chi connectivity index (χ0n) is 9.97. The van der Waals surface area contributed by atoms with E-state index in [9.17, 15) is 8.42 Å². The third-order valence-electron chi connectivity index (χ3n) is 2.62. The van der Waals surface area contributed by atoms with Crippen molar-refractivity contribution in [3.8, 4) is 11.3 Å². The summed E-state index contributed by atoms with van der Waals surface area (Å²) < 4.78 is 28.1. The summed E-state index contributed by atoms with van der Waals surface area (Å²) in [5, 5.41) is 3.77. The van der Waals surface area contributed by atoms with Crippen molar-refractivity contribution in [3.05, 3.63) is 35.5 Å². The molecule has 0 unspecified atom stereocenters. The summed E-state index contributed by atoms with van der Waals surface area (Å²) in [5.41, 5.74) is 2.07. The van der Waals surface area contributed by atoms with Crippen molar-refractivity contribution >= 4 is 19.7 Å². The van der Waals surface area contributed by atoms with Crippen molar-refractivity contribution in [2.45, 2.75) is 25.2 Å². The fraction of sp³-hybridized carbons (Fsp3) is 0.250. The maximum Gasteiger partial charge on any atom is 0.261 e. The third-order valence-corrected chi connectivity index (χ3v) is 4.03. The lowest BCUT2D eigenvalue weighted by molar-refractivity contribution is 0.427. The van der Waals surface area contributed by atoms with E-state index in [0.717, 1.165) is 5.69 Å². The van der Waals surface area contributed by atoms with Crippen molar-refractivity contribution in [2.75, 3.05) is 0 Å². The van der Waals surface area contributed by atoms with E-state index in [-0.39, 0.29) is 4.90 Å². The second-order valence-corrected chi connectivity index (χ2v) is 6.48. The number of hydrogen-bond donors (Lipinski definition) is 0. The van der Waals surface area contributed by atoms with Gasteiger partial charge in [0.25, 0.3) is 9.05 Å². The number of aryl methyl sites for hydroxylation is 2. The quantitative estimate of drug-likeness (QED) is 0.813. The lowest BCUT2D eigenvalue weighted by Gasteiger charge is -2.06. The van der Waals surface area contributed by atoms with Crippen molar-refractivity contribution in [1.29, 1.82) is 0 Å². The fourth-order valence-electron chi connectivity index (χ4n) is 1.73. The van der Waals surface area contributed by atoms with Crippen LogP contribution in [0.15, 0.2) is 33.7 Å². The Morgan fingerprint density at radius 2 is 2.06 bits per heavy atom. The molecule has 0 amide bonds. The van der Waals surface area contributed by atoms with Gasteiger partial charge in [-0.25, -0.2) is 8.42 Å². The maximum atomic E-state index is 11.5. The van der Waals surface area contributed by atoms with Gasteiger partial charge in [0.2, 0.25) is 0 Å². The van der Waals surface area contributed by atoms with Crippen LogP contribution in [0.1, 0.15) is 18.2 Å². The summed E-state index contributed by atoms with van der Waals surface area (Å²) in [7, 11) is 1.67. The van der Waals surface area contributed by atoms with Gasteiger partial charge in [0.1, 0.15) is 0 Å². The molecule has 1 aromatic heterocycles. The first kappa shape index (κ1) is 13.1. The Morgan fingerprint density at radius 1 is 1.33 bits per heavy atom. The summed E-state index contributed by atoms with van der Waals surface area (Å²) in [6.07, 6.45) is 0.594. The molecule has 2 rings (SSSR count). The molecule has 1 aromatic carbocycles. The molecule has 18 heavy (non-hydrogen) atoms. The average Bonchev–Trinajstić information content (AvgIpc) is 2.74. The van der Waals surface area contributed by atoms with Crippen LogP contribution in [0.2, 0.25) is 0 Å². The largest absolute Gasteiger partial charge is 0.356 e. The van der Waals surface area contributed by atoms with Crippen LogP contribution in [0, 0.1) is 6.92 Å². The predicted molar refractivity (Wildman–Crippen MR) is 69.1 cm³/mol. The molecule has 96 valence electrons. The molecule has 0 spiro atoms. The predicted octanol–water partition coefficient (Wildman–Crippen LogP) is 3.14. The summed E-state index contributed by atoms with van der Waals surface area (Å²) >= 11 is 0. The Labute approximate surface area is 110 Å². The van der Waals surface area contributed by atoms with Gasteiger partial charge in [-0.2, -0.15) is 0 Å². The maximum absolute atomic E-state index is 11.5. The van der Waals surface area contributed by atoms with E-state index in [0.29, 0.717) is 23.3 Å². The zero-order valence-corrected chi connectivity index (χ0v) is 11.5. The van der Waals surface area contributed by atoms with Crippen LogP contribution in [0.3, 0.4) is 0 Å². The Bertz CT molecular complexity index is 676. The van der Waals surface area contributed by atoms with Crippen LogP contribution in [0.5, 0.6) is 0 Å². The molecule has 0 bridgehead atoms. The normalized spacial score (nSPS) is 11.7. The van der Waals surface area contributed by atoms with Crippen LogP contribution < -0.4 is 0 Å². The average molecular weight is 286 g/mol. The van der Waals surface area contributed by atoms with Crippen LogP contribution >= 0.6 is 10.7 Å².